The predicted octanol–water partition coefficient (Wildman–Crippen LogP) is 5.43. The highest BCUT2D eigenvalue weighted by molar-refractivity contribution is 7.99. The van der Waals surface area contributed by atoms with Crippen molar-refractivity contribution < 1.29 is 9.18 Å². The van der Waals surface area contributed by atoms with Crippen LogP contribution >= 0.6 is 11.8 Å². The van der Waals surface area contributed by atoms with E-state index in [-0.39, 0.29) is 22.9 Å². The molecule has 156 valence electrons. The van der Waals surface area contributed by atoms with Gasteiger partial charge in [0, 0.05) is 5.56 Å². The largest absolute Gasteiger partial charge is 0.293 e. The number of Topliss-reactive ketones (excluding diaryl/α,β-unsaturated/α-hetero) is 1. The van der Waals surface area contributed by atoms with E-state index in [9.17, 15) is 14.0 Å². The summed E-state index contributed by atoms with van der Waals surface area (Å²) in [7, 11) is 0. The maximum absolute atomic E-state index is 13.4. The minimum absolute atomic E-state index is 0.0290. The number of benzene rings is 3. The summed E-state index contributed by atoms with van der Waals surface area (Å²) in [5, 5.41) is 0.859. The number of hydrogen-bond acceptors (Lipinski definition) is 4. The van der Waals surface area contributed by atoms with Gasteiger partial charge < -0.3 is 0 Å². The van der Waals surface area contributed by atoms with Crippen molar-refractivity contribution in [1.82, 2.24) is 9.55 Å². The van der Waals surface area contributed by atoms with Crippen molar-refractivity contribution in [3.05, 3.63) is 99.1 Å². The van der Waals surface area contributed by atoms with Crippen LogP contribution in [0.25, 0.3) is 16.6 Å². The van der Waals surface area contributed by atoms with E-state index in [0.29, 0.717) is 27.3 Å². The highest BCUT2D eigenvalue weighted by Crippen LogP contribution is 2.24. The van der Waals surface area contributed by atoms with E-state index in [1.54, 1.807) is 18.2 Å². The summed E-state index contributed by atoms with van der Waals surface area (Å²) in [5.41, 5.74) is 4.61. The SMILES string of the molecule is Cc1cc(C)c(C(=O)CSc2nc3ccccc3c(=O)n2-c2ccc(F)cc2)cc1C. The minimum atomic E-state index is -0.389. The van der Waals surface area contributed by atoms with Gasteiger partial charge >= 0.3 is 0 Å². The number of nitrogens with zero attached hydrogens (tertiary/aromatic N) is 2. The van der Waals surface area contributed by atoms with Crippen LogP contribution < -0.4 is 5.56 Å². The van der Waals surface area contributed by atoms with Gasteiger partial charge in [-0.25, -0.2) is 9.37 Å². The number of rotatable bonds is 5. The van der Waals surface area contributed by atoms with E-state index in [4.69, 9.17) is 0 Å². The normalized spacial score (nSPS) is 11.1. The Kier molecular flexibility index (Phi) is 5.74. The second kappa shape index (κ2) is 8.47. The Morgan fingerprint density at radius 2 is 1.65 bits per heavy atom. The van der Waals surface area contributed by atoms with Gasteiger partial charge in [-0.15, -0.1) is 0 Å². The van der Waals surface area contributed by atoms with Gasteiger partial charge in [0.05, 0.1) is 22.3 Å². The second-order valence-electron chi connectivity index (χ2n) is 7.49. The smallest absolute Gasteiger partial charge is 0.266 e. The Morgan fingerprint density at radius 3 is 2.39 bits per heavy atom. The van der Waals surface area contributed by atoms with E-state index in [2.05, 4.69) is 4.98 Å². The van der Waals surface area contributed by atoms with Gasteiger partial charge in [0.2, 0.25) is 0 Å². The maximum Gasteiger partial charge on any atom is 0.266 e. The first kappa shape index (κ1) is 21.0. The van der Waals surface area contributed by atoms with Crippen LogP contribution in [0.15, 0.2) is 70.6 Å². The molecule has 0 N–H and O–H groups in total. The van der Waals surface area contributed by atoms with Crippen LogP contribution in [0.2, 0.25) is 0 Å². The number of aromatic nitrogens is 2. The molecular weight excluding hydrogens is 411 g/mol. The molecule has 0 unspecified atom stereocenters. The molecule has 0 aliphatic carbocycles. The summed E-state index contributed by atoms with van der Waals surface area (Å²) in [6.07, 6.45) is 0. The van der Waals surface area contributed by atoms with Crippen molar-refractivity contribution >= 4 is 28.4 Å². The first-order chi connectivity index (χ1) is 14.8. The summed E-state index contributed by atoms with van der Waals surface area (Å²) in [6, 6.07) is 16.7. The van der Waals surface area contributed by atoms with E-state index in [1.807, 2.05) is 39.0 Å². The standard InChI is InChI=1S/C25H21FN2O2S/c1-15-12-17(3)21(13-16(15)2)23(29)14-31-25-27-22-7-5-4-6-20(22)24(30)28(25)19-10-8-18(26)9-11-19/h4-13H,14H2,1-3H3. The lowest BCUT2D eigenvalue weighted by Gasteiger charge is -2.14. The lowest BCUT2D eigenvalue weighted by Crippen LogP contribution is -2.22. The molecule has 4 aromatic rings. The monoisotopic (exact) mass is 432 g/mol. The number of hydrogen-bond donors (Lipinski definition) is 0. The van der Waals surface area contributed by atoms with Crippen LogP contribution in [0.5, 0.6) is 0 Å². The summed E-state index contributed by atoms with van der Waals surface area (Å²) in [5.74, 6) is -0.284. The average molecular weight is 433 g/mol. The molecule has 1 heterocycles. The number of carbonyl (C=O) groups is 1. The molecule has 0 spiro atoms. The number of fused-ring (bicyclic) bond motifs is 1. The van der Waals surface area contributed by atoms with E-state index < -0.39 is 0 Å². The zero-order valence-corrected chi connectivity index (χ0v) is 18.3. The molecule has 0 saturated heterocycles. The predicted molar refractivity (Wildman–Crippen MR) is 123 cm³/mol. The topological polar surface area (TPSA) is 52.0 Å². The molecular formula is C25H21FN2O2S. The van der Waals surface area contributed by atoms with Crippen molar-refractivity contribution in [3.63, 3.8) is 0 Å². The minimum Gasteiger partial charge on any atom is -0.293 e. The lowest BCUT2D eigenvalue weighted by atomic mass is 9.99. The van der Waals surface area contributed by atoms with Crippen LogP contribution in [0, 0.1) is 26.6 Å². The fourth-order valence-corrected chi connectivity index (χ4v) is 4.39. The number of halogens is 1. The van der Waals surface area contributed by atoms with Gasteiger partial charge in [0.15, 0.2) is 10.9 Å². The number of aryl methyl sites for hydroxylation is 3. The third-order valence-corrected chi connectivity index (χ3v) is 6.24. The third kappa shape index (κ3) is 4.16. The molecule has 0 aliphatic heterocycles. The van der Waals surface area contributed by atoms with Crippen molar-refractivity contribution in [2.75, 3.05) is 5.75 Å². The molecule has 0 amide bonds. The molecule has 0 saturated carbocycles. The van der Waals surface area contributed by atoms with Crippen LogP contribution in [0.1, 0.15) is 27.0 Å². The van der Waals surface area contributed by atoms with Crippen molar-refractivity contribution in [2.24, 2.45) is 0 Å². The molecule has 4 rings (SSSR count). The molecule has 6 heteroatoms. The van der Waals surface area contributed by atoms with Crippen LogP contribution in [0.3, 0.4) is 0 Å². The summed E-state index contributed by atoms with van der Waals surface area (Å²) >= 11 is 1.21. The molecule has 0 fully saturated rings. The number of thioether (sulfide) groups is 1. The van der Waals surface area contributed by atoms with Gasteiger partial charge in [-0.05, 0) is 79.9 Å². The summed E-state index contributed by atoms with van der Waals surface area (Å²) in [6.45, 7) is 5.93. The van der Waals surface area contributed by atoms with Crippen LogP contribution in [-0.2, 0) is 0 Å². The molecule has 31 heavy (non-hydrogen) atoms. The molecule has 1 aromatic heterocycles. The zero-order valence-electron chi connectivity index (χ0n) is 17.5. The van der Waals surface area contributed by atoms with Gasteiger partial charge in [0.25, 0.3) is 5.56 Å². The zero-order chi connectivity index (χ0) is 22.1. The Balaban J connectivity index is 1.75. The van der Waals surface area contributed by atoms with Crippen LogP contribution in [-0.4, -0.2) is 21.1 Å². The maximum atomic E-state index is 13.4. The van der Waals surface area contributed by atoms with Gasteiger partial charge in [-0.3, -0.25) is 14.2 Å². The number of ketones is 1. The first-order valence-corrected chi connectivity index (χ1v) is 10.9. The van der Waals surface area contributed by atoms with E-state index in [1.165, 1.54) is 40.6 Å². The lowest BCUT2D eigenvalue weighted by molar-refractivity contribution is 0.102. The average Bonchev–Trinajstić information content (AvgIpc) is 2.75. The highest BCUT2D eigenvalue weighted by atomic mass is 32.2. The summed E-state index contributed by atoms with van der Waals surface area (Å²) in [4.78, 5) is 30.8. The fourth-order valence-electron chi connectivity index (χ4n) is 3.50. The molecule has 0 aliphatic rings. The highest BCUT2D eigenvalue weighted by Gasteiger charge is 2.17. The Hall–Kier alpha value is -3.25. The van der Waals surface area contributed by atoms with Gasteiger partial charge in [0.1, 0.15) is 5.82 Å². The Bertz CT molecular complexity index is 1360. The fraction of sp³-hybridized carbons (Fsp3) is 0.160. The molecule has 0 radical (unpaired) electrons. The second-order valence-corrected chi connectivity index (χ2v) is 8.43. The molecule has 3 aromatic carbocycles. The van der Waals surface area contributed by atoms with Crippen LogP contribution in [0.4, 0.5) is 4.39 Å². The van der Waals surface area contributed by atoms with Crippen molar-refractivity contribution in [3.8, 4) is 5.69 Å². The van der Waals surface area contributed by atoms with E-state index in [0.717, 1.165) is 16.7 Å². The van der Waals surface area contributed by atoms with Gasteiger partial charge in [-0.1, -0.05) is 30.0 Å². The first-order valence-electron chi connectivity index (χ1n) is 9.87. The number of para-hydroxylation sites is 1. The number of carbonyl (C=O) groups excluding carboxylic acids is 1. The quantitative estimate of drug-likeness (QED) is 0.240. The van der Waals surface area contributed by atoms with E-state index >= 15 is 0 Å². The molecule has 4 nitrogen and oxygen atoms in total. The molecule has 0 bridgehead atoms. The Morgan fingerprint density at radius 1 is 0.968 bits per heavy atom. The molecule has 0 atom stereocenters. The van der Waals surface area contributed by atoms with Gasteiger partial charge in [-0.2, -0.15) is 0 Å². The third-order valence-electron chi connectivity index (χ3n) is 5.30. The van der Waals surface area contributed by atoms with Crippen molar-refractivity contribution in [2.45, 2.75) is 25.9 Å². The van der Waals surface area contributed by atoms with Crippen molar-refractivity contribution in [1.29, 1.82) is 0 Å². The Labute approximate surface area is 183 Å². The summed E-state index contributed by atoms with van der Waals surface area (Å²) < 4.78 is 14.9.